The predicted octanol–water partition coefficient (Wildman–Crippen LogP) is 2.55. The SMILES string of the molecule is COC(=O)C1CCc2ccccc2N1S(=O)(=O)c1c(C)cc(OC)cc1C.COc1cc(C)c(S(=O)(=O)N2c3ccccc3CCC2CO)c(C)c1.[B].[H-].[Li+]. The van der Waals surface area contributed by atoms with Crippen LogP contribution in [0.2, 0.25) is 0 Å². The molecule has 11 nitrogen and oxygen atoms in total. The zero-order valence-electron chi connectivity index (χ0n) is 33.1. The van der Waals surface area contributed by atoms with E-state index in [4.69, 9.17) is 14.2 Å². The van der Waals surface area contributed by atoms with E-state index in [0.717, 1.165) is 17.5 Å². The molecule has 1 N–H and O–H groups in total. The molecule has 4 aromatic carbocycles. The second-order valence-electron chi connectivity index (χ2n) is 13.0. The monoisotopic (exact) mass is 769 g/mol. The van der Waals surface area contributed by atoms with Crippen molar-refractivity contribution in [1.29, 1.82) is 0 Å². The number of carbonyl (C=O) groups is 1. The first-order valence-corrected chi connectivity index (χ1v) is 19.8. The molecule has 2 atom stereocenters. The van der Waals surface area contributed by atoms with Gasteiger partial charge in [0, 0.05) is 8.41 Å². The number of hydrogen-bond acceptors (Lipinski definition) is 9. The van der Waals surface area contributed by atoms with E-state index in [9.17, 15) is 26.7 Å². The summed E-state index contributed by atoms with van der Waals surface area (Å²) in [5.74, 6) is 0.663. The van der Waals surface area contributed by atoms with Gasteiger partial charge in [0.1, 0.15) is 17.5 Å². The molecule has 0 bridgehead atoms. The number of aliphatic hydroxyl groups is 1. The molecule has 4 aromatic rings. The van der Waals surface area contributed by atoms with Crippen LogP contribution in [0.3, 0.4) is 0 Å². The van der Waals surface area contributed by atoms with Crippen LogP contribution >= 0.6 is 0 Å². The van der Waals surface area contributed by atoms with Gasteiger partial charge in [-0.2, -0.15) is 0 Å². The number of methoxy groups -OCH3 is 3. The van der Waals surface area contributed by atoms with Gasteiger partial charge in [0.25, 0.3) is 20.0 Å². The van der Waals surface area contributed by atoms with Gasteiger partial charge < -0.3 is 20.7 Å². The quantitative estimate of drug-likeness (QED) is 0.212. The van der Waals surface area contributed by atoms with E-state index in [1.165, 1.54) is 22.8 Å². The summed E-state index contributed by atoms with van der Waals surface area (Å²) >= 11 is 0. The second kappa shape index (κ2) is 18.1. The van der Waals surface area contributed by atoms with Crippen LogP contribution in [0.4, 0.5) is 11.4 Å². The van der Waals surface area contributed by atoms with Crippen LogP contribution in [0.1, 0.15) is 47.6 Å². The van der Waals surface area contributed by atoms with Crippen molar-refractivity contribution in [3.63, 3.8) is 0 Å². The number of ether oxygens (including phenoxy) is 3. The van der Waals surface area contributed by atoms with Gasteiger partial charge >= 0.3 is 24.8 Å². The molecule has 2 unspecified atom stereocenters. The van der Waals surface area contributed by atoms with Crippen molar-refractivity contribution in [3.05, 3.63) is 106 Å². The van der Waals surface area contributed by atoms with Gasteiger partial charge in [0.2, 0.25) is 0 Å². The average molecular weight is 770 g/mol. The van der Waals surface area contributed by atoms with Gasteiger partial charge in [-0.15, -0.1) is 0 Å². The Morgan fingerprint density at radius 2 is 1.09 bits per heavy atom. The van der Waals surface area contributed by atoms with E-state index in [0.29, 0.717) is 64.4 Å². The first-order chi connectivity index (χ1) is 24.7. The van der Waals surface area contributed by atoms with Crippen molar-refractivity contribution in [2.45, 2.75) is 75.3 Å². The van der Waals surface area contributed by atoms with Crippen molar-refractivity contribution in [2.24, 2.45) is 0 Å². The van der Waals surface area contributed by atoms with Gasteiger partial charge in [0.05, 0.1) is 55.1 Å². The third-order valence-electron chi connectivity index (χ3n) is 9.56. The Balaban J connectivity index is 0.000000361. The Kier molecular flexibility index (Phi) is 14.9. The maximum Gasteiger partial charge on any atom is 1.00 e. The molecule has 3 radical (unpaired) electrons. The molecule has 54 heavy (non-hydrogen) atoms. The molecule has 0 saturated carbocycles. The number of aliphatic hydroxyl groups excluding tert-OH is 1. The summed E-state index contributed by atoms with van der Waals surface area (Å²) < 4.78 is 72.5. The van der Waals surface area contributed by atoms with E-state index >= 15 is 0 Å². The predicted molar refractivity (Wildman–Crippen MR) is 207 cm³/mol. The Labute approximate surface area is 335 Å². The molecule has 0 fully saturated rings. The standard InChI is InChI=1S/C20H23NO5S.C19H23NO4S.B.Li.H/c1-13-11-16(25-3)12-14(2)19(13)27(23,24)21-17-8-6-5-7-15(17)9-10-18(21)20(22)26-4;1-13-10-17(24-3)11-14(2)19(13)25(22,23)20-16(12-21)9-8-15-6-4-5-7-18(15)20;;;/h5-8,11-12,18H,9-10H2,1-4H3;4-7,10-11,16,21H,8-9,12H2,1-3H3;;;/q;;;+1;-1. The number of para-hydroxylation sites is 2. The Morgan fingerprint density at radius 1 is 0.704 bits per heavy atom. The zero-order valence-corrected chi connectivity index (χ0v) is 33.8. The molecule has 6 rings (SSSR count). The van der Waals surface area contributed by atoms with Crippen molar-refractivity contribution in [3.8, 4) is 11.5 Å². The minimum absolute atomic E-state index is 0. The van der Waals surface area contributed by atoms with E-state index < -0.39 is 38.1 Å². The van der Waals surface area contributed by atoms with Crippen LogP contribution in [0.5, 0.6) is 11.5 Å². The summed E-state index contributed by atoms with van der Waals surface area (Å²) in [4.78, 5) is 12.9. The van der Waals surface area contributed by atoms with Crippen LogP contribution in [0.15, 0.2) is 82.6 Å². The third-order valence-corrected chi connectivity index (χ3v) is 13.9. The smallest absolute Gasteiger partial charge is 1.00 e. The van der Waals surface area contributed by atoms with E-state index in [-0.39, 0.29) is 45.1 Å². The number of aryl methyl sites for hydroxylation is 6. The second-order valence-corrected chi connectivity index (χ2v) is 16.5. The fourth-order valence-corrected chi connectivity index (χ4v) is 11.5. The minimum atomic E-state index is -3.99. The fourth-order valence-electron chi connectivity index (χ4n) is 7.29. The Morgan fingerprint density at radius 3 is 1.50 bits per heavy atom. The van der Waals surface area contributed by atoms with Crippen LogP contribution in [0, 0.1) is 27.7 Å². The molecular weight excluding hydrogens is 722 g/mol. The maximum atomic E-state index is 13.7. The van der Waals surface area contributed by atoms with Crippen molar-refractivity contribution < 1.29 is 61.2 Å². The molecule has 0 spiro atoms. The van der Waals surface area contributed by atoms with Crippen LogP contribution in [-0.2, 0) is 42.4 Å². The van der Waals surface area contributed by atoms with Crippen LogP contribution in [0.25, 0.3) is 0 Å². The van der Waals surface area contributed by atoms with Gasteiger partial charge in [-0.05, 0) is 123 Å². The third kappa shape index (κ3) is 8.48. The average Bonchev–Trinajstić information content (AvgIpc) is 3.12. The van der Waals surface area contributed by atoms with Gasteiger partial charge in [-0.3, -0.25) is 8.61 Å². The molecule has 0 amide bonds. The normalized spacial score (nSPS) is 16.3. The maximum absolute atomic E-state index is 13.7. The number of nitrogens with zero attached hydrogens (tertiary/aromatic N) is 2. The summed E-state index contributed by atoms with van der Waals surface area (Å²) in [6.45, 7) is 6.79. The number of benzene rings is 4. The van der Waals surface area contributed by atoms with Gasteiger partial charge in [0.15, 0.2) is 0 Å². The summed E-state index contributed by atoms with van der Waals surface area (Å²) in [6.07, 6.45) is 2.34. The fraction of sp³-hybridized carbons (Fsp3) is 0.359. The summed E-state index contributed by atoms with van der Waals surface area (Å²) in [5.41, 5.74) is 5.46. The van der Waals surface area contributed by atoms with E-state index in [1.54, 1.807) is 71.2 Å². The number of sulfonamides is 2. The van der Waals surface area contributed by atoms with E-state index in [1.807, 2.05) is 36.4 Å². The molecular formula is C39H47BLiN2O9S2. The first-order valence-electron chi connectivity index (χ1n) is 16.9. The summed E-state index contributed by atoms with van der Waals surface area (Å²) in [7, 11) is -3.42. The van der Waals surface area contributed by atoms with Gasteiger partial charge in [-0.1, -0.05) is 36.4 Å². The summed E-state index contributed by atoms with van der Waals surface area (Å²) in [6, 6.07) is 20.2. The molecule has 0 saturated heterocycles. The molecule has 0 aliphatic carbocycles. The summed E-state index contributed by atoms with van der Waals surface area (Å²) in [5, 5.41) is 9.79. The molecule has 2 aliphatic rings. The van der Waals surface area contributed by atoms with Crippen LogP contribution < -0.4 is 36.9 Å². The number of carbonyl (C=O) groups excluding carboxylic acids is 1. The van der Waals surface area contributed by atoms with Gasteiger partial charge in [-0.25, -0.2) is 21.6 Å². The minimum Gasteiger partial charge on any atom is -1.00 e. The largest absolute Gasteiger partial charge is 1.00 e. The molecule has 0 aromatic heterocycles. The number of esters is 1. The zero-order chi connectivity index (χ0) is 38.0. The molecule has 283 valence electrons. The number of anilines is 2. The van der Waals surface area contributed by atoms with Crippen molar-refractivity contribution in [1.82, 2.24) is 0 Å². The van der Waals surface area contributed by atoms with Crippen molar-refractivity contribution in [2.75, 3.05) is 36.5 Å². The Bertz CT molecular complexity index is 2160. The van der Waals surface area contributed by atoms with Crippen molar-refractivity contribution >= 4 is 45.8 Å². The topological polar surface area (TPSA) is 140 Å². The number of hydrogen-bond donors (Lipinski definition) is 1. The Hall–Kier alpha value is -3.93. The number of fused-ring (bicyclic) bond motifs is 2. The first kappa shape index (κ1) is 44.5. The molecule has 2 aliphatic heterocycles. The number of rotatable bonds is 8. The van der Waals surface area contributed by atoms with E-state index in [2.05, 4.69) is 0 Å². The molecule has 15 heteroatoms. The molecule has 2 heterocycles. The van der Waals surface area contributed by atoms with Crippen LogP contribution in [-0.4, -0.2) is 76.3 Å².